The van der Waals surface area contributed by atoms with E-state index in [9.17, 15) is 14.9 Å². The maximum atomic E-state index is 11.3. The summed E-state index contributed by atoms with van der Waals surface area (Å²) in [6.45, 7) is 7.09. The van der Waals surface area contributed by atoms with Crippen LogP contribution in [0.25, 0.3) is 0 Å². The van der Waals surface area contributed by atoms with E-state index >= 15 is 0 Å². The van der Waals surface area contributed by atoms with Crippen LogP contribution in [0.5, 0.6) is 0 Å². The molecule has 3 rings (SSSR count). The molecule has 1 saturated heterocycles. The largest absolute Gasteiger partial charge is 0.478 e. The van der Waals surface area contributed by atoms with E-state index < -0.39 is 10.9 Å². The first-order valence-corrected chi connectivity index (χ1v) is 8.84. The van der Waals surface area contributed by atoms with E-state index in [2.05, 4.69) is 22.0 Å². The van der Waals surface area contributed by atoms with Crippen molar-refractivity contribution in [2.45, 2.75) is 6.92 Å². The Balaban J connectivity index is 1.80. The van der Waals surface area contributed by atoms with Gasteiger partial charge in [0, 0.05) is 43.6 Å². The van der Waals surface area contributed by atoms with Gasteiger partial charge in [0.2, 0.25) is 0 Å². The molecule has 8 heteroatoms. The van der Waals surface area contributed by atoms with Gasteiger partial charge >= 0.3 is 5.97 Å². The predicted octanol–water partition coefficient (Wildman–Crippen LogP) is 3.18. The Morgan fingerprint density at radius 2 is 1.93 bits per heavy atom. The number of nitro groups is 1. The van der Waals surface area contributed by atoms with Crippen LogP contribution >= 0.6 is 0 Å². The molecule has 0 atom stereocenters. The van der Waals surface area contributed by atoms with Crippen LogP contribution in [0, 0.1) is 10.1 Å². The van der Waals surface area contributed by atoms with E-state index in [0.29, 0.717) is 0 Å². The third-order valence-electron chi connectivity index (χ3n) is 4.75. The molecule has 2 N–H and O–H groups in total. The lowest BCUT2D eigenvalue weighted by atomic mass is 10.1. The Hall–Kier alpha value is -3.13. The maximum absolute atomic E-state index is 11.3. The number of rotatable bonds is 6. The summed E-state index contributed by atoms with van der Waals surface area (Å²) in [5.41, 5.74) is 1.65. The van der Waals surface area contributed by atoms with E-state index in [-0.39, 0.29) is 16.9 Å². The number of carboxylic acids is 1. The van der Waals surface area contributed by atoms with Crippen LogP contribution in [0.15, 0.2) is 42.5 Å². The number of likely N-dealkylation sites (N-methyl/N-ethyl adjacent to an activating group) is 1. The summed E-state index contributed by atoms with van der Waals surface area (Å²) in [4.78, 5) is 26.5. The molecule has 2 aromatic carbocycles. The smallest absolute Gasteiger partial charge is 0.335 e. The Morgan fingerprint density at radius 3 is 2.56 bits per heavy atom. The number of nitro benzene ring substituents is 1. The highest BCUT2D eigenvalue weighted by Gasteiger charge is 2.19. The van der Waals surface area contributed by atoms with Crippen LogP contribution in [0.3, 0.4) is 0 Å². The molecule has 1 fully saturated rings. The van der Waals surface area contributed by atoms with Gasteiger partial charge in [0.05, 0.1) is 10.5 Å². The monoisotopic (exact) mass is 370 g/mol. The third-order valence-corrected chi connectivity index (χ3v) is 4.75. The Morgan fingerprint density at radius 1 is 1.19 bits per heavy atom. The summed E-state index contributed by atoms with van der Waals surface area (Å²) in [6, 6.07) is 11.6. The van der Waals surface area contributed by atoms with Crippen molar-refractivity contribution in [3.8, 4) is 0 Å². The Labute approximate surface area is 157 Å². The first-order chi connectivity index (χ1) is 13.0. The molecule has 0 unspecified atom stereocenters. The average molecular weight is 370 g/mol. The highest BCUT2D eigenvalue weighted by Crippen LogP contribution is 2.30. The molecular weight excluding hydrogens is 348 g/mol. The predicted molar refractivity (Wildman–Crippen MR) is 104 cm³/mol. The molecule has 2 aromatic rings. The fourth-order valence-electron chi connectivity index (χ4n) is 3.18. The molecule has 142 valence electrons. The van der Waals surface area contributed by atoms with Crippen LogP contribution in [0.2, 0.25) is 0 Å². The topological polar surface area (TPSA) is 99.0 Å². The zero-order valence-electron chi connectivity index (χ0n) is 15.1. The lowest BCUT2D eigenvalue weighted by molar-refractivity contribution is -0.383. The zero-order chi connectivity index (χ0) is 19.4. The molecule has 0 aliphatic carbocycles. The second kappa shape index (κ2) is 8.05. The van der Waals surface area contributed by atoms with Crippen molar-refractivity contribution in [3.63, 3.8) is 0 Å². The fourth-order valence-corrected chi connectivity index (χ4v) is 3.18. The summed E-state index contributed by atoms with van der Waals surface area (Å²) in [5, 5.41) is 23.4. The molecule has 1 aliphatic heterocycles. The summed E-state index contributed by atoms with van der Waals surface area (Å²) < 4.78 is 0. The molecule has 8 nitrogen and oxygen atoms in total. The molecule has 1 aliphatic rings. The molecule has 1 heterocycles. The molecule has 0 spiro atoms. The molecule has 0 saturated carbocycles. The second-order valence-electron chi connectivity index (χ2n) is 6.39. The van der Waals surface area contributed by atoms with Crippen molar-refractivity contribution in [2.24, 2.45) is 0 Å². The fraction of sp³-hybridized carbons (Fsp3) is 0.316. The normalized spacial score (nSPS) is 14.8. The third kappa shape index (κ3) is 4.35. The molecule has 0 bridgehead atoms. The van der Waals surface area contributed by atoms with Crippen molar-refractivity contribution < 1.29 is 14.8 Å². The van der Waals surface area contributed by atoms with Gasteiger partial charge < -0.3 is 20.2 Å². The van der Waals surface area contributed by atoms with Crippen LogP contribution < -0.4 is 10.2 Å². The van der Waals surface area contributed by atoms with Crippen molar-refractivity contribution in [3.05, 3.63) is 58.1 Å². The van der Waals surface area contributed by atoms with Gasteiger partial charge in [-0.3, -0.25) is 10.1 Å². The molecule has 0 radical (unpaired) electrons. The number of hydrogen-bond donors (Lipinski definition) is 2. The lowest BCUT2D eigenvalue weighted by Gasteiger charge is -2.35. The number of aromatic carboxylic acids is 1. The average Bonchev–Trinajstić information content (AvgIpc) is 2.68. The van der Waals surface area contributed by atoms with E-state index in [4.69, 9.17) is 5.11 Å². The van der Waals surface area contributed by atoms with Crippen LogP contribution in [-0.4, -0.2) is 53.6 Å². The van der Waals surface area contributed by atoms with Gasteiger partial charge in [0.25, 0.3) is 5.69 Å². The minimum atomic E-state index is -1.20. The van der Waals surface area contributed by atoms with E-state index in [1.165, 1.54) is 12.1 Å². The van der Waals surface area contributed by atoms with Gasteiger partial charge in [0.15, 0.2) is 0 Å². The quantitative estimate of drug-likeness (QED) is 0.595. The summed E-state index contributed by atoms with van der Waals surface area (Å²) in [5.74, 6) is -1.20. The maximum Gasteiger partial charge on any atom is 0.335 e. The minimum absolute atomic E-state index is 0.116. The first kappa shape index (κ1) is 18.7. The van der Waals surface area contributed by atoms with Crippen LogP contribution in [0.1, 0.15) is 17.3 Å². The van der Waals surface area contributed by atoms with Crippen molar-refractivity contribution in [1.29, 1.82) is 0 Å². The van der Waals surface area contributed by atoms with E-state index in [1.54, 1.807) is 0 Å². The van der Waals surface area contributed by atoms with Gasteiger partial charge in [-0.05, 0) is 36.9 Å². The van der Waals surface area contributed by atoms with Crippen molar-refractivity contribution in [2.75, 3.05) is 42.9 Å². The van der Waals surface area contributed by atoms with Crippen LogP contribution in [0.4, 0.5) is 22.7 Å². The molecule has 0 amide bonds. The van der Waals surface area contributed by atoms with Gasteiger partial charge in [0.1, 0.15) is 5.69 Å². The summed E-state index contributed by atoms with van der Waals surface area (Å²) >= 11 is 0. The van der Waals surface area contributed by atoms with Crippen molar-refractivity contribution in [1.82, 2.24) is 4.90 Å². The van der Waals surface area contributed by atoms with E-state index in [0.717, 1.165) is 50.2 Å². The van der Waals surface area contributed by atoms with Gasteiger partial charge in [-0.25, -0.2) is 4.79 Å². The number of anilines is 3. The number of carbonyl (C=O) groups is 1. The van der Waals surface area contributed by atoms with Crippen molar-refractivity contribution >= 4 is 28.7 Å². The Bertz CT molecular complexity index is 847. The SMILES string of the molecule is CCN1CCN(c2cccc(Nc3ccc(C(=O)O)cc3[N+](=O)[O-])c2)CC1. The molecular formula is C19H22N4O4. The first-order valence-electron chi connectivity index (χ1n) is 8.84. The number of piperazine rings is 1. The number of hydrogen-bond acceptors (Lipinski definition) is 6. The number of carboxylic acid groups (broad SMARTS) is 1. The number of nitrogens with zero attached hydrogens (tertiary/aromatic N) is 3. The Kier molecular flexibility index (Phi) is 5.56. The highest BCUT2D eigenvalue weighted by atomic mass is 16.6. The lowest BCUT2D eigenvalue weighted by Crippen LogP contribution is -2.46. The minimum Gasteiger partial charge on any atom is -0.478 e. The number of nitrogens with one attached hydrogen (secondary N) is 1. The van der Waals surface area contributed by atoms with E-state index in [1.807, 2.05) is 24.3 Å². The summed E-state index contributed by atoms with van der Waals surface area (Å²) in [6.07, 6.45) is 0. The summed E-state index contributed by atoms with van der Waals surface area (Å²) in [7, 11) is 0. The van der Waals surface area contributed by atoms with Gasteiger partial charge in [-0.15, -0.1) is 0 Å². The second-order valence-corrected chi connectivity index (χ2v) is 6.39. The van der Waals surface area contributed by atoms with Gasteiger partial charge in [-0.1, -0.05) is 13.0 Å². The highest BCUT2D eigenvalue weighted by molar-refractivity contribution is 5.90. The molecule has 27 heavy (non-hydrogen) atoms. The standard InChI is InChI=1S/C19H22N4O4/c1-2-21-8-10-22(11-9-21)16-5-3-4-15(13-16)20-17-7-6-14(19(24)25)12-18(17)23(26)27/h3-7,12-13,20H,2,8-11H2,1H3,(H,24,25). The van der Waals surface area contributed by atoms with Crippen LogP contribution in [-0.2, 0) is 0 Å². The number of benzene rings is 2. The molecule has 0 aromatic heterocycles. The van der Waals surface area contributed by atoms with Gasteiger partial charge in [-0.2, -0.15) is 0 Å². The zero-order valence-corrected chi connectivity index (χ0v) is 15.1.